The van der Waals surface area contributed by atoms with Crippen LogP contribution in [0.4, 0.5) is 0 Å². The summed E-state index contributed by atoms with van der Waals surface area (Å²) >= 11 is 0. The summed E-state index contributed by atoms with van der Waals surface area (Å²) in [5, 5.41) is 3.42. The zero-order valence-electron chi connectivity index (χ0n) is 13.3. The van der Waals surface area contributed by atoms with Gasteiger partial charge in [0.15, 0.2) is 0 Å². The Kier molecular flexibility index (Phi) is 5.34. The fourth-order valence-corrected chi connectivity index (χ4v) is 2.50. The summed E-state index contributed by atoms with van der Waals surface area (Å²) in [5.41, 5.74) is 5.31. The molecular formula is C18H24N2O. The maximum Gasteiger partial charge on any atom is 0.212 e. The number of rotatable bonds is 6. The Labute approximate surface area is 127 Å². The Morgan fingerprint density at radius 2 is 1.95 bits per heavy atom. The van der Waals surface area contributed by atoms with Crippen molar-refractivity contribution in [3.63, 3.8) is 0 Å². The van der Waals surface area contributed by atoms with Crippen molar-refractivity contribution < 1.29 is 4.74 Å². The first kappa shape index (κ1) is 15.5. The molecule has 0 bridgehead atoms. The smallest absolute Gasteiger partial charge is 0.212 e. The van der Waals surface area contributed by atoms with Gasteiger partial charge in [0.2, 0.25) is 5.88 Å². The van der Waals surface area contributed by atoms with Gasteiger partial charge in [-0.25, -0.2) is 4.98 Å². The first-order valence-electron chi connectivity index (χ1n) is 7.34. The van der Waals surface area contributed by atoms with Crippen LogP contribution in [-0.4, -0.2) is 25.2 Å². The molecule has 0 aliphatic heterocycles. The molecule has 1 unspecified atom stereocenters. The van der Waals surface area contributed by atoms with Crippen molar-refractivity contribution in [2.24, 2.45) is 0 Å². The second kappa shape index (κ2) is 7.23. The lowest BCUT2D eigenvalue weighted by molar-refractivity contribution is 0.397. The van der Waals surface area contributed by atoms with E-state index in [1.54, 1.807) is 7.11 Å². The fourth-order valence-electron chi connectivity index (χ4n) is 2.50. The van der Waals surface area contributed by atoms with Gasteiger partial charge in [0, 0.05) is 18.3 Å². The molecule has 1 aromatic carbocycles. The second-order valence-electron chi connectivity index (χ2n) is 5.53. The molecule has 1 N–H and O–H groups in total. The third-order valence-electron chi connectivity index (χ3n) is 3.87. The van der Waals surface area contributed by atoms with E-state index in [4.69, 9.17) is 4.74 Å². The number of pyridine rings is 1. The first-order chi connectivity index (χ1) is 10.1. The Hall–Kier alpha value is -1.87. The Morgan fingerprint density at radius 1 is 1.14 bits per heavy atom. The summed E-state index contributed by atoms with van der Waals surface area (Å²) in [4.78, 5) is 4.27. The number of likely N-dealkylation sites (N-methyl/N-ethyl adjacent to an activating group) is 1. The van der Waals surface area contributed by atoms with Crippen molar-refractivity contribution in [3.8, 4) is 5.88 Å². The average molecular weight is 284 g/mol. The molecule has 1 aromatic heterocycles. The predicted octanol–water partition coefficient (Wildman–Crippen LogP) is 3.08. The minimum absolute atomic E-state index is 0.403. The van der Waals surface area contributed by atoms with E-state index in [1.165, 1.54) is 22.3 Å². The van der Waals surface area contributed by atoms with Crippen molar-refractivity contribution in [3.05, 3.63) is 58.8 Å². The summed E-state index contributed by atoms with van der Waals surface area (Å²) in [6.45, 7) is 4.32. The molecule has 0 saturated heterocycles. The topological polar surface area (TPSA) is 34.1 Å². The van der Waals surface area contributed by atoms with E-state index in [9.17, 15) is 0 Å². The van der Waals surface area contributed by atoms with Gasteiger partial charge in [0.25, 0.3) is 0 Å². The highest BCUT2D eigenvalue weighted by molar-refractivity contribution is 5.31. The zero-order chi connectivity index (χ0) is 15.2. The SMILES string of the molecule is CNC(Cc1ccc(OC)nc1)Cc1cc(C)ccc1C. The highest BCUT2D eigenvalue weighted by Gasteiger charge is 2.11. The summed E-state index contributed by atoms with van der Waals surface area (Å²) in [6, 6.07) is 11.1. The Bertz CT molecular complexity index is 578. The van der Waals surface area contributed by atoms with E-state index in [0.717, 1.165) is 12.8 Å². The van der Waals surface area contributed by atoms with Gasteiger partial charge < -0.3 is 10.1 Å². The fraction of sp³-hybridized carbons (Fsp3) is 0.389. The van der Waals surface area contributed by atoms with Crippen LogP contribution in [0.5, 0.6) is 5.88 Å². The summed E-state index contributed by atoms with van der Waals surface area (Å²) in [5.74, 6) is 0.661. The van der Waals surface area contributed by atoms with Crippen molar-refractivity contribution in [2.75, 3.05) is 14.2 Å². The van der Waals surface area contributed by atoms with E-state index in [2.05, 4.69) is 48.4 Å². The number of nitrogens with zero attached hydrogens (tertiary/aromatic N) is 1. The molecule has 0 saturated carbocycles. The standard InChI is InChI=1S/C18H24N2O/c1-13-5-6-14(2)16(9-13)11-17(19-3)10-15-7-8-18(21-4)20-12-15/h5-9,12,17,19H,10-11H2,1-4H3. The van der Waals surface area contributed by atoms with E-state index in [1.807, 2.05) is 19.3 Å². The minimum Gasteiger partial charge on any atom is -0.481 e. The molecular weight excluding hydrogens is 260 g/mol. The number of benzene rings is 1. The number of nitrogens with one attached hydrogen (secondary N) is 1. The van der Waals surface area contributed by atoms with Gasteiger partial charge in [-0.1, -0.05) is 29.8 Å². The lowest BCUT2D eigenvalue weighted by Crippen LogP contribution is -2.30. The van der Waals surface area contributed by atoms with Gasteiger partial charge in [-0.3, -0.25) is 0 Å². The summed E-state index contributed by atoms with van der Waals surface area (Å²) in [7, 11) is 3.66. The highest BCUT2D eigenvalue weighted by atomic mass is 16.5. The van der Waals surface area contributed by atoms with Crippen LogP contribution in [0.15, 0.2) is 36.5 Å². The number of aryl methyl sites for hydroxylation is 2. The lowest BCUT2D eigenvalue weighted by Gasteiger charge is -2.18. The van der Waals surface area contributed by atoms with Crippen LogP contribution in [0.25, 0.3) is 0 Å². The van der Waals surface area contributed by atoms with E-state index < -0.39 is 0 Å². The zero-order valence-corrected chi connectivity index (χ0v) is 13.3. The maximum atomic E-state index is 5.10. The molecule has 21 heavy (non-hydrogen) atoms. The number of hydrogen-bond donors (Lipinski definition) is 1. The third kappa shape index (κ3) is 4.30. The van der Waals surface area contributed by atoms with Crippen LogP contribution in [0.1, 0.15) is 22.3 Å². The van der Waals surface area contributed by atoms with Crippen molar-refractivity contribution >= 4 is 0 Å². The van der Waals surface area contributed by atoms with Gasteiger partial charge in [-0.05, 0) is 50.4 Å². The largest absolute Gasteiger partial charge is 0.481 e. The molecule has 1 heterocycles. The normalized spacial score (nSPS) is 12.2. The molecule has 0 spiro atoms. The number of methoxy groups -OCH3 is 1. The van der Waals surface area contributed by atoms with Gasteiger partial charge >= 0.3 is 0 Å². The third-order valence-corrected chi connectivity index (χ3v) is 3.87. The van der Waals surface area contributed by atoms with Crippen LogP contribution in [0, 0.1) is 13.8 Å². The monoisotopic (exact) mass is 284 g/mol. The summed E-state index contributed by atoms with van der Waals surface area (Å²) in [6.07, 6.45) is 3.88. The van der Waals surface area contributed by atoms with Gasteiger partial charge in [0.1, 0.15) is 0 Å². The van der Waals surface area contributed by atoms with Crippen LogP contribution in [0.2, 0.25) is 0 Å². The highest BCUT2D eigenvalue weighted by Crippen LogP contribution is 2.15. The summed E-state index contributed by atoms with van der Waals surface area (Å²) < 4.78 is 5.10. The van der Waals surface area contributed by atoms with Crippen LogP contribution < -0.4 is 10.1 Å². The predicted molar refractivity (Wildman–Crippen MR) is 87.0 cm³/mol. The van der Waals surface area contributed by atoms with Crippen LogP contribution >= 0.6 is 0 Å². The molecule has 0 aliphatic rings. The Morgan fingerprint density at radius 3 is 2.57 bits per heavy atom. The van der Waals surface area contributed by atoms with E-state index in [-0.39, 0.29) is 0 Å². The Balaban J connectivity index is 2.07. The molecule has 0 radical (unpaired) electrons. The molecule has 112 valence electrons. The molecule has 3 nitrogen and oxygen atoms in total. The van der Waals surface area contributed by atoms with Crippen LogP contribution in [0.3, 0.4) is 0 Å². The quantitative estimate of drug-likeness (QED) is 0.885. The minimum atomic E-state index is 0.403. The molecule has 2 aromatic rings. The van der Waals surface area contributed by atoms with E-state index in [0.29, 0.717) is 11.9 Å². The maximum absolute atomic E-state index is 5.10. The number of ether oxygens (including phenoxy) is 1. The van der Waals surface area contributed by atoms with Crippen molar-refractivity contribution in [1.82, 2.24) is 10.3 Å². The molecule has 0 amide bonds. The van der Waals surface area contributed by atoms with Gasteiger partial charge in [-0.15, -0.1) is 0 Å². The van der Waals surface area contributed by atoms with Crippen molar-refractivity contribution in [1.29, 1.82) is 0 Å². The molecule has 0 fully saturated rings. The second-order valence-corrected chi connectivity index (χ2v) is 5.53. The average Bonchev–Trinajstić information content (AvgIpc) is 2.51. The van der Waals surface area contributed by atoms with Crippen LogP contribution in [-0.2, 0) is 12.8 Å². The molecule has 1 atom stereocenters. The lowest BCUT2D eigenvalue weighted by atomic mass is 9.96. The first-order valence-corrected chi connectivity index (χ1v) is 7.34. The van der Waals surface area contributed by atoms with Crippen molar-refractivity contribution in [2.45, 2.75) is 32.7 Å². The van der Waals surface area contributed by atoms with E-state index >= 15 is 0 Å². The molecule has 3 heteroatoms. The van der Waals surface area contributed by atoms with Gasteiger partial charge in [-0.2, -0.15) is 0 Å². The molecule has 0 aliphatic carbocycles. The molecule has 2 rings (SSSR count). The number of aromatic nitrogens is 1. The number of hydrogen-bond acceptors (Lipinski definition) is 3. The van der Waals surface area contributed by atoms with Gasteiger partial charge in [0.05, 0.1) is 7.11 Å².